The summed E-state index contributed by atoms with van der Waals surface area (Å²) in [7, 11) is 0. The lowest BCUT2D eigenvalue weighted by Gasteiger charge is -2.30. The molecule has 7 heteroatoms. The molecule has 2 aromatic carbocycles. The average molecular weight is 456 g/mol. The molecule has 1 heterocycles. The summed E-state index contributed by atoms with van der Waals surface area (Å²) in [4.78, 5) is 17.5. The van der Waals surface area contributed by atoms with Crippen LogP contribution in [0.3, 0.4) is 0 Å². The van der Waals surface area contributed by atoms with E-state index >= 15 is 0 Å². The average Bonchev–Trinajstić information content (AvgIpc) is 2.79. The van der Waals surface area contributed by atoms with Crippen molar-refractivity contribution in [2.75, 3.05) is 5.32 Å². The molecule has 0 radical (unpaired) electrons. The summed E-state index contributed by atoms with van der Waals surface area (Å²) in [5.41, 5.74) is 1.49. The van der Waals surface area contributed by atoms with E-state index in [0.29, 0.717) is 12.8 Å². The zero-order valence-corrected chi connectivity index (χ0v) is 18.7. The Morgan fingerprint density at radius 3 is 2.42 bits per heavy atom. The number of aryl methyl sites for hydroxylation is 1. The van der Waals surface area contributed by atoms with Gasteiger partial charge in [-0.3, -0.25) is 4.79 Å². The van der Waals surface area contributed by atoms with E-state index in [1.165, 1.54) is 12.1 Å². The molecule has 33 heavy (non-hydrogen) atoms. The van der Waals surface area contributed by atoms with Gasteiger partial charge >= 0.3 is 6.18 Å². The quantitative estimate of drug-likeness (QED) is 0.467. The summed E-state index contributed by atoms with van der Waals surface area (Å²) < 4.78 is 39.9. The van der Waals surface area contributed by atoms with Crippen LogP contribution in [0.15, 0.2) is 54.6 Å². The summed E-state index contributed by atoms with van der Waals surface area (Å²) in [5.74, 6) is 0.448. The number of nitrogens with one attached hydrogen (secondary N) is 2. The van der Waals surface area contributed by atoms with Crippen LogP contribution in [0.2, 0.25) is 0 Å². The highest BCUT2D eigenvalue weighted by molar-refractivity contribution is 5.83. The smallest absolute Gasteiger partial charge is 0.367 e. The first kappa shape index (κ1) is 23.1. The molecule has 1 aliphatic carbocycles. The molecule has 0 spiro atoms. The number of alkyl halides is 3. The molecule has 2 N–H and O–H groups in total. The number of hydrogen-bond acceptors (Lipinski definition) is 3. The fourth-order valence-corrected chi connectivity index (χ4v) is 4.67. The normalized spacial score (nSPS) is 19.8. The molecule has 0 bridgehead atoms. The minimum absolute atomic E-state index is 0.0893. The molecule has 3 aromatic rings. The maximum atomic E-state index is 13.3. The highest BCUT2D eigenvalue weighted by Gasteiger charge is 2.35. The highest BCUT2D eigenvalue weighted by Crippen LogP contribution is 2.35. The van der Waals surface area contributed by atoms with E-state index in [0.717, 1.165) is 41.2 Å². The number of carbonyl (C=O) groups excluding carboxylic acids is 1. The van der Waals surface area contributed by atoms with Crippen molar-refractivity contribution in [3.05, 3.63) is 71.3 Å². The number of halogens is 3. The third-order valence-electron chi connectivity index (χ3n) is 6.46. The zero-order chi connectivity index (χ0) is 23.6. The van der Waals surface area contributed by atoms with Gasteiger partial charge in [0.2, 0.25) is 5.91 Å². The number of nitrogens with zero attached hydrogens (tertiary/aromatic N) is 1. The van der Waals surface area contributed by atoms with Crippen molar-refractivity contribution in [2.45, 2.75) is 57.8 Å². The number of benzene rings is 2. The van der Waals surface area contributed by atoms with Gasteiger partial charge in [0.25, 0.3) is 0 Å². The van der Waals surface area contributed by atoms with Crippen molar-refractivity contribution in [1.29, 1.82) is 0 Å². The van der Waals surface area contributed by atoms with Crippen molar-refractivity contribution in [3.8, 4) is 0 Å². The maximum Gasteiger partial charge on any atom is 0.416 e. The van der Waals surface area contributed by atoms with E-state index < -0.39 is 17.8 Å². The van der Waals surface area contributed by atoms with Gasteiger partial charge in [0.1, 0.15) is 5.82 Å². The summed E-state index contributed by atoms with van der Waals surface area (Å²) in [6.07, 6.45) is -1.47. The maximum absolute atomic E-state index is 13.3. The van der Waals surface area contributed by atoms with Crippen molar-refractivity contribution in [3.63, 3.8) is 0 Å². The molecule has 1 amide bonds. The Bertz CT molecular complexity index is 1140. The Morgan fingerprint density at radius 1 is 1.03 bits per heavy atom. The Morgan fingerprint density at radius 2 is 1.70 bits per heavy atom. The van der Waals surface area contributed by atoms with Gasteiger partial charge in [-0.05, 0) is 68.9 Å². The standard InChI is InChI=1S/C26H28F3N3O/c1-16-15-24(32-23-10-6-4-7-20(16)23)31-19-13-11-18(12-14-19)25(33)30-17(2)21-8-3-5-9-22(21)26(27,28)29/h3-10,15,17-19H,11-14H2,1-2H3,(H,30,33)(H,31,32)/t17-,18-,19+/m0/s1. The molecule has 4 nitrogen and oxygen atoms in total. The fourth-order valence-electron chi connectivity index (χ4n) is 4.67. The first-order chi connectivity index (χ1) is 15.7. The molecule has 0 aliphatic heterocycles. The van der Waals surface area contributed by atoms with Crippen LogP contribution in [0.25, 0.3) is 10.9 Å². The molecule has 4 rings (SSSR count). The van der Waals surface area contributed by atoms with Crippen LogP contribution in [-0.2, 0) is 11.0 Å². The van der Waals surface area contributed by atoms with E-state index in [9.17, 15) is 18.0 Å². The van der Waals surface area contributed by atoms with Crippen LogP contribution in [0.4, 0.5) is 19.0 Å². The van der Waals surface area contributed by atoms with Gasteiger partial charge < -0.3 is 10.6 Å². The molecule has 0 saturated heterocycles. The second-order valence-corrected chi connectivity index (χ2v) is 8.85. The highest BCUT2D eigenvalue weighted by atomic mass is 19.4. The summed E-state index contributed by atoms with van der Waals surface area (Å²) in [6, 6.07) is 15.0. The topological polar surface area (TPSA) is 54.0 Å². The van der Waals surface area contributed by atoms with Crippen LogP contribution >= 0.6 is 0 Å². The Balaban J connectivity index is 1.34. The lowest BCUT2D eigenvalue weighted by Crippen LogP contribution is -2.37. The fraction of sp³-hybridized carbons (Fsp3) is 0.385. The van der Waals surface area contributed by atoms with E-state index in [4.69, 9.17) is 4.98 Å². The number of aromatic nitrogens is 1. The van der Waals surface area contributed by atoms with Crippen molar-refractivity contribution in [2.24, 2.45) is 5.92 Å². The van der Waals surface area contributed by atoms with Crippen molar-refractivity contribution >= 4 is 22.6 Å². The summed E-state index contributed by atoms with van der Waals surface area (Å²) in [5, 5.41) is 7.42. The van der Waals surface area contributed by atoms with E-state index in [1.54, 1.807) is 13.0 Å². The van der Waals surface area contributed by atoms with E-state index in [1.807, 2.05) is 24.3 Å². The predicted octanol–water partition coefficient (Wildman–Crippen LogP) is 6.41. The molecule has 1 aromatic heterocycles. The van der Waals surface area contributed by atoms with Gasteiger partial charge in [-0.1, -0.05) is 36.4 Å². The lowest BCUT2D eigenvalue weighted by molar-refractivity contribution is -0.139. The number of pyridine rings is 1. The van der Waals surface area contributed by atoms with Crippen LogP contribution in [0.1, 0.15) is 55.3 Å². The van der Waals surface area contributed by atoms with Gasteiger partial charge in [-0.2, -0.15) is 13.2 Å². The molecule has 1 fully saturated rings. The number of amides is 1. The largest absolute Gasteiger partial charge is 0.416 e. The van der Waals surface area contributed by atoms with Gasteiger partial charge in [0, 0.05) is 17.3 Å². The van der Waals surface area contributed by atoms with Crippen LogP contribution < -0.4 is 10.6 Å². The minimum Gasteiger partial charge on any atom is -0.367 e. The first-order valence-corrected chi connectivity index (χ1v) is 11.3. The number of fused-ring (bicyclic) bond motifs is 1. The lowest BCUT2D eigenvalue weighted by atomic mass is 9.85. The monoisotopic (exact) mass is 455 g/mol. The predicted molar refractivity (Wildman–Crippen MR) is 124 cm³/mol. The number of anilines is 1. The zero-order valence-electron chi connectivity index (χ0n) is 18.7. The van der Waals surface area contributed by atoms with E-state index in [2.05, 4.69) is 23.6 Å². The number of hydrogen-bond donors (Lipinski definition) is 2. The third kappa shape index (κ3) is 5.29. The SMILES string of the molecule is Cc1cc(N[C@H]2CC[C@@H](C(=O)N[C@@H](C)c3ccccc3C(F)(F)F)CC2)nc2ccccc12. The van der Waals surface area contributed by atoms with Crippen LogP contribution in [0.5, 0.6) is 0 Å². The summed E-state index contributed by atoms with van der Waals surface area (Å²) >= 11 is 0. The number of para-hydroxylation sites is 1. The minimum atomic E-state index is -4.45. The van der Waals surface area contributed by atoms with Gasteiger partial charge in [-0.15, -0.1) is 0 Å². The van der Waals surface area contributed by atoms with Crippen molar-refractivity contribution < 1.29 is 18.0 Å². The summed E-state index contributed by atoms with van der Waals surface area (Å²) in [6.45, 7) is 3.66. The molecule has 1 aliphatic rings. The molecule has 174 valence electrons. The van der Waals surface area contributed by atoms with Gasteiger partial charge in [-0.25, -0.2) is 4.98 Å². The molecule has 1 atom stereocenters. The second-order valence-electron chi connectivity index (χ2n) is 8.85. The Labute approximate surface area is 191 Å². The second kappa shape index (κ2) is 9.41. The van der Waals surface area contributed by atoms with Crippen molar-refractivity contribution in [1.82, 2.24) is 10.3 Å². The van der Waals surface area contributed by atoms with E-state index in [-0.39, 0.29) is 23.4 Å². The Hall–Kier alpha value is -3.09. The van der Waals surface area contributed by atoms with Crippen LogP contribution in [-0.4, -0.2) is 16.9 Å². The number of rotatable bonds is 5. The first-order valence-electron chi connectivity index (χ1n) is 11.3. The van der Waals surface area contributed by atoms with Crippen LogP contribution in [0, 0.1) is 12.8 Å². The molecular formula is C26H28F3N3O. The molecule has 1 saturated carbocycles. The Kier molecular flexibility index (Phi) is 6.58. The molecular weight excluding hydrogens is 427 g/mol. The van der Waals surface area contributed by atoms with Gasteiger partial charge in [0.15, 0.2) is 0 Å². The third-order valence-corrected chi connectivity index (χ3v) is 6.46. The van der Waals surface area contributed by atoms with Gasteiger partial charge in [0.05, 0.1) is 17.1 Å². The molecule has 0 unspecified atom stereocenters. The number of carbonyl (C=O) groups is 1.